The lowest BCUT2D eigenvalue weighted by Crippen LogP contribution is -2.28. The van der Waals surface area contributed by atoms with E-state index in [4.69, 9.17) is 5.73 Å². The minimum Gasteiger partial charge on any atom is -0.399 e. The zero-order valence-electron chi connectivity index (χ0n) is 10.1. The van der Waals surface area contributed by atoms with Crippen molar-refractivity contribution in [3.63, 3.8) is 0 Å². The Morgan fingerprint density at radius 3 is 2.82 bits per heavy atom. The standard InChI is InChI=1S/C13H19BrN2O/c1-13(17)5-2-7-16(8-6-13)12-4-3-10(15)9-11(12)14/h3-4,9,17H,2,5-8,15H2,1H3. The lowest BCUT2D eigenvalue weighted by molar-refractivity contribution is 0.0481. The second-order valence-electron chi connectivity index (χ2n) is 5.05. The van der Waals surface area contributed by atoms with E-state index in [-0.39, 0.29) is 0 Å². The first-order valence-electron chi connectivity index (χ1n) is 6.00. The molecular weight excluding hydrogens is 280 g/mol. The van der Waals surface area contributed by atoms with Crippen LogP contribution in [-0.4, -0.2) is 23.8 Å². The van der Waals surface area contributed by atoms with Gasteiger partial charge < -0.3 is 15.7 Å². The van der Waals surface area contributed by atoms with Crippen LogP contribution in [0.3, 0.4) is 0 Å². The van der Waals surface area contributed by atoms with E-state index < -0.39 is 5.60 Å². The van der Waals surface area contributed by atoms with Gasteiger partial charge in [0, 0.05) is 23.2 Å². The Kier molecular flexibility index (Phi) is 3.64. The number of halogens is 1. The lowest BCUT2D eigenvalue weighted by atomic mass is 9.98. The Morgan fingerprint density at radius 1 is 1.35 bits per heavy atom. The van der Waals surface area contributed by atoms with Crippen LogP contribution in [0.25, 0.3) is 0 Å². The van der Waals surface area contributed by atoms with Crippen LogP contribution in [0, 0.1) is 0 Å². The molecule has 1 saturated heterocycles. The molecule has 17 heavy (non-hydrogen) atoms. The molecule has 0 radical (unpaired) electrons. The number of hydrogen-bond donors (Lipinski definition) is 2. The smallest absolute Gasteiger partial charge is 0.0637 e. The van der Waals surface area contributed by atoms with Gasteiger partial charge in [-0.3, -0.25) is 0 Å². The summed E-state index contributed by atoms with van der Waals surface area (Å²) in [5, 5.41) is 10.1. The number of benzene rings is 1. The highest BCUT2D eigenvalue weighted by molar-refractivity contribution is 9.10. The molecule has 1 aliphatic heterocycles. The molecule has 3 nitrogen and oxygen atoms in total. The first kappa shape index (κ1) is 12.7. The molecule has 1 unspecified atom stereocenters. The van der Waals surface area contributed by atoms with Gasteiger partial charge in [-0.1, -0.05) is 0 Å². The number of aliphatic hydroxyl groups is 1. The third kappa shape index (κ3) is 3.13. The highest BCUT2D eigenvalue weighted by Gasteiger charge is 2.25. The molecule has 0 spiro atoms. The van der Waals surface area contributed by atoms with Crippen molar-refractivity contribution in [2.75, 3.05) is 23.7 Å². The maximum Gasteiger partial charge on any atom is 0.0637 e. The number of hydrogen-bond acceptors (Lipinski definition) is 3. The van der Waals surface area contributed by atoms with Crippen molar-refractivity contribution in [3.8, 4) is 0 Å². The fourth-order valence-corrected chi connectivity index (χ4v) is 2.93. The predicted octanol–water partition coefficient (Wildman–Crippen LogP) is 2.77. The van der Waals surface area contributed by atoms with Crippen molar-refractivity contribution in [1.29, 1.82) is 0 Å². The minimum absolute atomic E-state index is 0.519. The summed E-state index contributed by atoms with van der Waals surface area (Å²) in [4.78, 5) is 2.31. The van der Waals surface area contributed by atoms with Crippen LogP contribution in [0.2, 0.25) is 0 Å². The van der Waals surface area contributed by atoms with Crippen LogP contribution in [0.15, 0.2) is 22.7 Å². The number of nitrogens with two attached hydrogens (primary N) is 1. The van der Waals surface area contributed by atoms with Gasteiger partial charge >= 0.3 is 0 Å². The van der Waals surface area contributed by atoms with Crippen molar-refractivity contribution in [2.45, 2.75) is 31.8 Å². The van der Waals surface area contributed by atoms with E-state index in [1.54, 1.807) is 0 Å². The molecule has 4 heteroatoms. The third-order valence-corrected chi connectivity index (χ3v) is 4.01. The van der Waals surface area contributed by atoms with E-state index in [2.05, 4.69) is 20.8 Å². The van der Waals surface area contributed by atoms with Crippen molar-refractivity contribution < 1.29 is 5.11 Å². The van der Waals surface area contributed by atoms with Gasteiger partial charge in [0.25, 0.3) is 0 Å². The van der Waals surface area contributed by atoms with E-state index >= 15 is 0 Å². The number of anilines is 2. The van der Waals surface area contributed by atoms with Crippen molar-refractivity contribution in [2.24, 2.45) is 0 Å². The first-order valence-corrected chi connectivity index (χ1v) is 6.80. The van der Waals surface area contributed by atoms with E-state index in [0.717, 1.165) is 48.2 Å². The Morgan fingerprint density at radius 2 is 2.12 bits per heavy atom. The highest BCUT2D eigenvalue weighted by atomic mass is 79.9. The molecule has 1 heterocycles. The van der Waals surface area contributed by atoms with Crippen molar-refractivity contribution in [1.82, 2.24) is 0 Å². The largest absolute Gasteiger partial charge is 0.399 e. The molecule has 1 aromatic carbocycles. The van der Waals surface area contributed by atoms with Gasteiger partial charge in [0.15, 0.2) is 0 Å². The fraction of sp³-hybridized carbons (Fsp3) is 0.538. The molecular formula is C13H19BrN2O. The monoisotopic (exact) mass is 298 g/mol. The van der Waals surface area contributed by atoms with Gasteiger partial charge in [0.1, 0.15) is 0 Å². The number of nitrogen functional groups attached to an aromatic ring is 1. The summed E-state index contributed by atoms with van der Waals surface area (Å²) in [5.41, 5.74) is 7.15. The van der Waals surface area contributed by atoms with Crippen molar-refractivity contribution in [3.05, 3.63) is 22.7 Å². The van der Waals surface area contributed by atoms with E-state index in [1.165, 1.54) is 0 Å². The molecule has 1 fully saturated rings. The number of rotatable bonds is 1. The van der Waals surface area contributed by atoms with Gasteiger partial charge in [-0.25, -0.2) is 0 Å². The summed E-state index contributed by atoms with van der Waals surface area (Å²) in [6, 6.07) is 5.89. The second kappa shape index (κ2) is 4.86. The molecule has 1 aromatic rings. The van der Waals surface area contributed by atoms with Crippen LogP contribution in [-0.2, 0) is 0 Å². The predicted molar refractivity (Wildman–Crippen MR) is 75.2 cm³/mol. The lowest BCUT2D eigenvalue weighted by Gasteiger charge is -2.25. The summed E-state index contributed by atoms with van der Waals surface area (Å²) in [7, 11) is 0. The van der Waals surface area contributed by atoms with Crippen LogP contribution in [0.4, 0.5) is 11.4 Å². The second-order valence-corrected chi connectivity index (χ2v) is 5.90. The zero-order valence-corrected chi connectivity index (χ0v) is 11.7. The van der Waals surface area contributed by atoms with Crippen LogP contribution in [0.1, 0.15) is 26.2 Å². The minimum atomic E-state index is -0.519. The molecule has 0 saturated carbocycles. The average Bonchev–Trinajstić information content (AvgIpc) is 2.40. The van der Waals surface area contributed by atoms with Crippen LogP contribution < -0.4 is 10.6 Å². The Balaban J connectivity index is 2.17. The molecule has 0 aromatic heterocycles. The van der Waals surface area contributed by atoms with E-state index in [9.17, 15) is 5.11 Å². The molecule has 3 N–H and O–H groups in total. The normalized spacial score (nSPS) is 25.7. The highest BCUT2D eigenvalue weighted by Crippen LogP contribution is 2.31. The van der Waals surface area contributed by atoms with Crippen molar-refractivity contribution >= 4 is 27.3 Å². The zero-order chi connectivity index (χ0) is 12.5. The van der Waals surface area contributed by atoms with Gasteiger partial charge in [-0.05, 0) is 60.3 Å². The SMILES string of the molecule is CC1(O)CCCN(c2ccc(N)cc2Br)CC1. The van der Waals surface area contributed by atoms with Gasteiger partial charge in [-0.15, -0.1) is 0 Å². The van der Waals surface area contributed by atoms with E-state index in [0.29, 0.717) is 0 Å². The summed E-state index contributed by atoms with van der Waals surface area (Å²) in [5.74, 6) is 0. The Hall–Kier alpha value is -0.740. The van der Waals surface area contributed by atoms with Crippen LogP contribution in [0.5, 0.6) is 0 Å². The Labute approximate surface area is 111 Å². The van der Waals surface area contributed by atoms with Gasteiger partial charge in [0.05, 0.1) is 11.3 Å². The summed E-state index contributed by atoms with van der Waals surface area (Å²) in [6.07, 6.45) is 2.70. The summed E-state index contributed by atoms with van der Waals surface area (Å²) in [6.45, 7) is 3.79. The molecule has 94 valence electrons. The fourth-order valence-electron chi connectivity index (χ4n) is 2.28. The Bertz CT molecular complexity index is 406. The molecule has 0 amide bonds. The van der Waals surface area contributed by atoms with Gasteiger partial charge in [-0.2, -0.15) is 0 Å². The maximum absolute atomic E-state index is 10.1. The maximum atomic E-state index is 10.1. The average molecular weight is 299 g/mol. The molecule has 2 rings (SSSR count). The summed E-state index contributed by atoms with van der Waals surface area (Å²) >= 11 is 3.55. The quantitative estimate of drug-likeness (QED) is 0.784. The summed E-state index contributed by atoms with van der Waals surface area (Å²) < 4.78 is 1.03. The molecule has 1 atom stereocenters. The number of nitrogens with zero attached hydrogens (tertiary/aromatic N) is 1. The van der Waals surface area contributed by atoms with E-state index in [1.807, 2.05) is 25.1 Å². The molecule has 0 bridgehead atoms. The first-order chi connectivity index (χ1) is 7.98. The molecule has 1 aliphatic rings. The topological polar surface area (TPSA) is 49.5 Å². The van der Waals surface area contributed by atoms with Gasteiger partial charge in [0.2, 0.25) is 0 Å². The van der Waals surface area contributed by atoms with Crippen LogP contribution >= 0.6 is 15.9 Å². The molecule has 0 aliphatic carbocycles. The third-order valence-electron chi connectivity index (χ3n) is 3.38.